The summed E-state index contributed by atoms with van der Waals surface area (Å²) in [6.07, 6.45) is 4.83. The molecule has 0 aliphatic carbocycles. The number of hydrogen-bond donors (Lipinski definition) is 1. The van der Waals surface area contributed by atoms with E-state index in [0.717, 1.165) is 37.6 Å². The van der Waals surface area contributed by atoms with Crippen LogP contribution < -0.4 is 10.2 Å². The number of hydrogen-bond acceptors (Lipinski definition) is 4. The van der Waals surface area contributed by atoms with Gasteiger partial charge in [0.1, 0.15) is 5.82 Å². The van der Waals surface area contributed by atoms with Crippen molar-refractivity contribution in [3.05, 3.63) is 53.5 Å². The summed E-state index contributed by atoms with van der Waals surface area (Å²) in [6.45, 7) is 6.90. The minimum absolute atomic E-state index is 0.780. The standard InChI is InChI=1S/C17H24N4/c1-4-8-18-10-16-11-20-17(12-19-16)21(3)13-15-7-5-6-14(2)9-15/h5-7,9,11-12,18H,4,8,10,13H2,1-3H3. The van der Waals surface area contributed by atoms with Crippen molar-refractivity contribution < 1.29 is 0 Å². The zero-order chi connectivity index (χ0) is 15.1. The van der Waals surface area contributed by atoms with E-state index in [0.29, 0.717) is 0 Å². The van der Waals surface area contributed by atoms with Crippen molar-refractivity contribution >= 4 is 5.82 Å². The molecule has 0 atom stereocenters. The molecule has 0 radical (unpaired) electrons. The molecule has 2 aromatic rings. The molecule has 0 saturated heterocycles. The van der Waals surface area contributed by atoms with Gasteiger partial charge in [-0.3, -0.25) is 4.98 Å². The molecule has 0 unspecified atom stereocenters. The molecule has 1 heterocycles. The lowest BCUT2D eigenvalue weighted by molar-refractivity contribution is 0.661. The van der Waals surface area contributed by atoms with Crippen molar-refractivity contribution in [1.82, 2.24) is 15.3 Å². The third-order valence-corrected chi connectivity index (χ3v) is 3.32. The quantitative estimate of drug-likeness (QED) is 0.794. The molecule has 2 rings (SSSR count). The van der Waals surface area contributed by atoms with E-state index in [1.807, 2.05) is 19.4 Å². The third-order valence-electron chi connectivity index (χ3n) is 3.32. The second kappa shape index (κ2) is 7.74. The number of nitrogens with one attached hydrogen (secondary N) is 1. The first-order chi connectivity index (χ1) is 10.2. The summed E-state index contributed by atoms with van der Waals surface area (Å²) in [5.74, 6) is 0.899. The van der Waals surface area contributed by atoms with E-state index in [1.54, 1.807) is 0 Å². The van der Waals surface area contributed by atoms with Gasteiger partial charge in [-0.25, -0.2) is 4.98 Å². The van der Waals surface area contributed by atoms with Gasteiger partial charge in [0.25, 0.3) is 0 Å². The zero-order valence-corrected chi connectivity index (χ0v) is 13.1. The number of anilines is 1. The Bertz CT molecular complexity index is 551. The molecule has 4 heteroatoms. The van der Waals surface area contributed by atoms with Gasteiger partial charge in [-0.2, -0.15) is 0 Å². The average Bonchev–Trinajstić information content (AvgIpc) is 2.48. The van der Waals surface area contributed by atoms with Gasteiger partial charge in [-0.05, 0) is 25.5 Å². The van der Waals surface area contributed by atoms with Crippen LogP contribution in [0.5, 0.6) is 0 Å². The van der Waals surface area contributed by atoms with Crippen molar-refractivity contribution in [2.75, 3.05) is 18.5 Å². The van der Waals surface area contributed by atoms with Crippen LogP contribution in [0.15, 0.2) is 36.7 Å². The van der Waals surface area contributed by atoms with Gasteiger partial charge in [0.05, 0.1) is 18.1 Å². The van der Waals surface area contributed by atoms with Crippen LogP contribution in [-0.2, 0) is 13.1 Å². The minimum atomic E-state index is 0.780. The smallest absolute Gasteiger partial charge is 0.147 e. The number of rotatable bonds is 7. The molecule has 0 spiro atoms. The summed E-state index contributed by atoms with van der Waals surface area (Å²) in [5.41, 5.74) is 3.55. The van der Waals surface area contributed by atoms with E-state index in [-0.39, 0.29) is 0 Å². The topological polar surface area (TPSA) is 41.1 Å². The van der Waals surface area contributed by atoms with E-state index in [9.17, 15) is 0 Å². The van der Waals surface area contributed by atoms with E-state index in [1.165, 1.54) is 11.1 Å². The Morgan fingerprint density at radius 2 is 2.05 bits per heavy atom. The Morgan fingerprint density at radius 1 is 1.19 bits per heavy atom. The average molecular weight is 284 g/mol. The molecule has 0 saturated carbocycles. The van der Waals surface area contributed by atoms with Crippen LogP contribution in [0.4, 0.5) is 5.82 Å². The van der Waals surface area contributed by atoms with Crippen LogP contribution in [0.1, 0.15) is 30.2 Å². The number of aromatic nitrogens is 2. The first kappa shape index (κ1) is 15.4. The highest BCUT2D eigenvalue weighted by Crippen LogP contribution is 2.12. The lowest BCUT2D eigenvalue weighted by atomic mass is 10.1. The first-order valence-corrected chi connectivity index (χ1v) is 7.47. The molecule has 112 valence electrons. The Balaban J connectivity index is 1.94. The first-order valence-electron chi connectivity index (χ1n) is 7.47. The zero-order valence-electron chi connectivity index (χ0n) is 13.1. The van der Waals surface area contributed by atoms with Crippen LogP contribution in [-0.4, -0.2) is 23.6 Å². The molecule has 0 aliphatic rings. The minimum Gasteiger partial charge on any atom is -0.354 e. The molecule has 4 nitrogen and oxygen atoms in total. The van der Waals surface area contributed by atoms with Gasteiger partial charge in [0.15, 0.2) is 0 Å². The normalized spacial score (nSPS) is 10.6. The van der Waals surface area contributed by atoms with E-state index in [4.69, 9.17) is 0 Å². The van der Waals surface area contributed by atoms with Crippen LogP contribution in [0.2, 0.25) is 0 Å². The number of aryl methyl sites for hydroxylation is 1. The highest BCUT2D eigenvalue weighted by molar-refractivity contribution is 5.36. The molecule has 1 N–H and O–H groups in total. The predicted octanol–water partition coefficient (Wildman–Crippen LogP) is 2.92. The summed E-state index contributed by atoms with van der Waals surface area (Å²) in [7, 11) is 2.04. The second-order valence-electron chi connectivity index (χ2n) is 5.39. The van der Waals surface area contributed by atoms with Crippen LogP contribution in [0, 0.1) is 6.92 Å². The van der Waals surface area contributed by atoms with Gasteiger partial charge in [0, 0.05) is 20.1 Å². The lowest BCUT2D eigenvalue weighted by Gasteiger charge is -2.18. The highest BCUT2D eigenvalue weighted by Gasteiger charge is 2.05. The summed E-state index contributed by atoms with van der Waals surface area (Å²) < 4.78 is 0. The maximum atomic E-state index is 4.50. The largest absolute Gasteiger partial charge is 0.354 e. The molecule has 0 amide bonds. The Morgan fingerprint density at radius 3 is 2.71 bits per heavy atom. The maximum Gasteiger partial charge on any atom is 0.147 e. The van der Waals surface area contributed by atoms with E-state index >= 15 is 0 Å². The fourth-order valence-electron chi connectivity index (χ4n) is 2.19. The fraction of sp³-hybridized carbons (Fsp3) is 0.412. The molecule has 21 heavy (non-hydrogen) atoms. The fourth-order valence-corrected chi connectivity index (χ4v) is 2.19. The Labute approximate surface area is 127 Å². The van der Waals surface area contributed by atoms with Gasteiger partial charge in [-0.1, -0.05) is 36.8 Å². The second-order valence-corrected chi connectivity index (χ2v) is 5.39. The molecule has 0 aliphatic heterocycles. The van der Waals surface area contributed by atoms with E-state index in [2.05, 4.69) is 58.3 Å². The maximum absolute atomic E-state index is 4.50. The molecule has 1 aromatic heterocycles. The van der Waals surface area contributed by atoms with Crippen molar-refractivity contribution in [2.24, 2.45) is 0 Å². The Kier molecular flexibility index (Phi) is 5.69. The third kappa shape index (κ3) is 4.83. The van der Waals surface area contributed by atoms with Crippen molar-refractivity contribution in [3.63, 3.8) is 0 Å². The van der Waals surface area contributed by atoms with E-state index < -0.39 is 0 Å². The van der Waals surface area contributed by atoms with Crippen molar-refractivity contribution in [2.45, 2.75) is 33.4 Å². The van der Waals surface area contributed by atoms with Crippen LogP contribution in [0.25, 0.3) is 0 Å². The summed E-state index contributed by atoms with van der Waals surface area (Å²) in [4.78, 5) is 11.1. The monoisotopic (exact) mass is 284 g/mol. The van der Waals surface area contributed by atoms with Gasteiger partial charge in [-0.15, -0.1) is 0 Å². The highest BCUT2D eigenvalue weighted by atomic mass is 15.2. The molecular weight excluding hydrogens is 260 g/mol. The van der Waals surface area contributed by atoms with Crippen molar-refractivity contribution in [3.8, 4) is 0 Å². The molecule has 0 bridgehead atoms. The van der Waals surface area contributed by atoms with Gasteiger partial charge < -0.3 is 10.2 Å². The van der Waals surface area contributed by atoms with Crippen LogP contribution in [0.3, 0.4) is 0 Å². The molecule has 1 aromatic carbocycles. The predicted molar refractivity (Wildman–Crippen MR) is 87.3 cm³/mol. The number of benzene rings is 1. The molecule has 0 fully saturated rings. The summed E-state index contributed by atoms with van der Waals surface area (Å²) >= 11 is 0. The Hall–Kier alpha value is -1.94. The van der Waals surface area contributed by atoms with Gasteiger partial charge >= 0.3 is 0 Å². The van der Waals surface area contributed by atoms with Gasteiger partial charge in [0.2, 0.25) is 0 Å². The van der Waals surface area contributed by atoms with Crippen molar-refractivity contribution in [1.29, 1.82) is 0 Å². The number of nitrogens with zero attached hydrogens (tertiary/aromatic N) is 3. The lowest BCUT2D eigenvalue weighted by Crippen LogP contribution is -2.19. The SMILES string of the molecule is CCCNCc1cnc(N(C)Cc2cccc(C)c2)cn1. The summed E-state index contributed by atoms with van der Waals surface area (Å²) in [6, 6.07) is 8.54. The molecular formula is C17H24N4. The van der Waals surface area contributed by atoms with Crippen LogP contribution >= 0.6 is 0 Å². The summed E-state index contributed by atoms with van der Waals surface area (Å²) in [5, 5.41) is 3.33.